The van der Waals surface area contributed by atoms with Gasteiger partial charge in [-0.3, -0.25) is 13.9 Å². The Labute approximate surface area is 163 Å². The summed E-state index contributed by atoms with van der Waals surface area (Å²) in [5.41, 5.74) is 2.00. The van der Waals surface area contributed by atoms with Crippen LogP contribution in [0.3, 0.4) is 0 Å². The van der Waals surface area contributed by atoms with Crippen molar-refractivity contribution in [3.63, 3.8) is 0 Å². The Bertz CT molecular complexity index is 1010. The van der Waals surface area contributed by atoms with Crippen LogP contribution in [0.25, 0.3) is 0 Å². The minimum atomic E-state index is -3.24. The molecule has 2 aliphatic rings. The summed E-state index contributed by atoms with van der Waals surface area (Å²) in [6, 6.07) is 13.5. The zero-order chi connectivity index (χ0) is 19.7. The third-order valence-corrected chi connectivity index (χ3v) is 6.68. The van der Waals surface area contributed by atoms with Crippen molar-refractivity contribution < 1.29 is 18.0 Å². The lowest BCUT2D eigenvalue weighted by Crippen LogP contribution is -2.25. The molecule has 28 heavy (non-hydrogen) atoms. The highest BCUT2D eigenvalue weighted by molar-refractivity contribution is 7.93. The molecular weight excluding hydrogens is 378 g/mol. The largest absolute Gasteiger partial charge is 0.349 e. The van der Waals surface area contributed by atoms with E-state index in [9.17, 15) is 18.0 Å². The average molecular weight is 399 g/mol. The van der Waals surface area contributed by atoms with Crippen molar-refractivity contribution in [1.82, 2.24) is 5.32 Å². The SMILES string of the molecule is O=C(Nc1cccc(C(=O)NC2CC2)c1)c1ccc(N2CCCS2(=O)=O)cc1. The second-order valence-corrected chi connectivity index (χ2v) is 9.08. The topological polar surface area (TPSA) is 95.6 Å². The predicted octanol–water partition coefficient (Wildman–Crippen LogP) is 2.37. The molecule has 1 saturated heterocycles. The number of amides is 2. The summed E-state index contributed by atoms with van der Waals surface area (Å²) in [5, 5.41) is 5.69. The van der Waals surface area contributed by atoms with Crippen LogP contribution in [0.4, 0.5) is 11.4 Å². The number of nitrogens with zero attached hydrogens (tertiary/aromatic N) is 1. The van der Waals surface area contributed by atoms with Crippen molar-refractivity contribution in [2.24, 2.45) is 0 Å². The number of sulfonamides is 1. The molecule has 1 aliphatic carbocycles. The number of hydrogen-bond acceptors (Lipinski definition) is 4. The van der Waals surface area contributed by atoms with Gasteiger partial charge < -0.3 is 10.6 Å². The number of benzene rings is 2. The Balaban J connectivity index is 1.44. The molecule has 2 N–H and O–H groups in total. The van der Waals surface area contributed by atoms with Crippen molar-refractivity contribution in [1.29, 1.82) is 0 Å². The van der Waals surface area contributed by atoms with E-state index in [1.165, 1.54) is 4.31 Å². The van der Waals surface area contributed by atoms with Crippen molar-refractivity contribution in [2.75, 3.05) is 21.9 Å². The molecule has 0 radical (unpaired) electrons. The Morgan fingerprint density at radius 3 is 2.36 bits per heavy atom. The minimum absolute atomic E-state index is 0.144. The summed E-state index contributed by atoms with van der Waals surface area (Å²) in [7, 11) is -3.24. The lowest BCUT2D eigenvalue weighted by Gasteiger charge is -2.17. The van der Waals surface area contributed by atoms with Gasteiger partial charge in [0.2, 0.25) is 10.0 Å². The van der Waals surface area contributed by atoms with E-state index >= 15 is 0 Å². The molecular formula is C20H21N3O4S. The fourth-order valence-electron chi connectivity index (χ4n) is 3.15. The summed E-state index contributed by atoms with van der Waals surface area (Å²) in [5.74, 6) is -0.315. The molecule has 4 rings (SSSR count). The number of carbonyl (C=O) groups is 2. The van der Waals surface area contributed by atoms with E-state index in [1.54, 1.807) is 48.5 Å². The van der Waals surface area contributed by atoms with Crippen LogP contribution >= 0.6 is 0 Å². The molecule has 0 aromatic heterocycles. The van der Waals surface area contributed by atoms with Crippen LogP contribution in [0, 0.1) is 0 Å². The van der Waals surface area contributed by atoms with Gasteiger partial charge in [-0.15, -0.1) is 0 Å². The van der Waals surface area contributed by atoms with Crippen LogP contribution in [0.2, 0.25) is 0 Å². The quantitative estimate of drug-likeness (QED) is 0.807. The highest BCUT2D eigenvalue weighted by atomic mass is 32.2. The van der Waals surface area contributed by atoms with Gasteiger partial charge in [-0.25, -0.2) is 8.42 Å². The normalized spacial score (nSPS) is 17.9. The molecule has 7 nitrogen and oxygen atoms in total. The van der Waals surface area contributed by atoms with E-state index < -0.39 is 10.0 Å². The lowest BCUT2D eigenvalue weighted by atomic mass is 10.1. The van der Waals surface area contributed by atoms with Crippen molar-refractivity contribution in [2.45, 2.75) is 25.3 Å². The highest BCUT2D eigenvalue weighted by Gasteiger charge is 2.28. The summed E-state index contributed by atoms with van der Waals surface area (Å²) < 4.78 is 25.4. The maximum Gasteiger partial charge on any atom is 0.255 e. The fraction of sp³-hybridized carbons (Fsp3) is 0.300. The molecule has 2 fully saturated rings. The van der Waals surface area contributed by atoms with Crippen molar-refractivity contribution in [3.8, 4) is 0 Å². The van der Waals surface area contributed by atoms with E-state index in [0.717, 1.165) is 12.8 Å². The number of rotatable bonds is 5. The Kier molecular flexibility index (Phi) is 4.80. The van der Waals surface area contributed by atoms with Gasteiger partial charge in [0.25, 0.3) is 11.8 Å². The molecule has 0 spiro atoms. The van der Waals surface area contributed by atoms with Crippen LogP contribution in [-0.2, 0) is 10.0 Å². The first kappa shape index (κ1) is 18.5. The Hall–Kier alpha value is -2.87. The smallest absolute Gasteiger partial charge is 0.255 e. The van der Waals surface area contributed by atoms with Crippen LogP contribution in [0.15, 0.2) is 48.5 Å². The van der Waals surface area contributed by atoms with Crippen LogP contribution in [0.1, 0.15) is 40.0 Å². The van der Waals surface area contributed by atoms with E-state index in [2.05, 4.69) is 10.6 Å². The standard InChI is InChI=1S/C20H21N3O4S/c24-19(14-5-9-18(10-6-14)23-11-2-12-28(23,26)27)22-17-4-1-3-15(13-17)20(25)21-16-7-8-16/h1,3-6,9-10,13,16H,2,7-8,11-12H2,(H,21,25)(H,22,24). The molecule has 0 unspecified atom stereocenters. The monoisotopic (exact) mass is 399 g/mol. The summed E-state index contributed by atoms with van der Waals surface area (Å²) >= 11 is 0. The second kappa shape index (κ2) is 7.27. The second-order valence-electron chi connectivity index (χ2n) is 7.07. The predicted molar refractivity (Wildman–Crippen MR) is 107 cm³/mol. The van der Waals surface area contributed by atoms with E-state index in [-0.39, 0.29) is 23.6 Å². The molecule has 2 aromatic carbocycles. The molecule has 8 heteroatoms. The molecule has 146 valence electrons. The Morgan fingerprint density at radius 2 is 1.71 bits per heavy atom. The average Bonchev–Trinajstić information content (AvgIpc) is 3.42. The highest BCUT2D eigenvalue weighted by Crippen LogP contribution is 2.24. The van der Waals surface area contributed by atoms with E-state index in [1.807, 2.05) is 0 Å². The minimum Gasteiger partial charge on any atom is -0.349 e. The van der Waals surface area contributed by atoms with Crippen molar-refractivity contribution >= 4 is 33.2 Å². The van der Waals surface area contributed by atoms with Gasteiger partial charge in [0, 0.05) is 29.4 Å². The third kappa shape index (κ3) is 4.01. The first-order valence-corrected chi connectivity index (χ1v) is 10.9. The zero-order valence-corrected chi connectivity index (χ0v) is 16.0. The van der Waals surface area contributed by atoms with Crippen LogP contribution in [0.5, 0.6) is 0 Å². The van der Waals surface area contributed by atoms with Crippen LogP contribution in [-0.4, -0.2) is 38.6 Å². The van der Waals surface area contributed by atoms with Gasteiger partial charge in [-0.05, 0) is 61.7 Å². The number of nitrogens with one attached hydrogen (secondary N) is 2. The molecule has 1 aliphatic heterocycles. The molecule has 2 aromatic rings. The fourth-order valence-corrected chi connectivity index (χ4v) is 4.71. The summed E-state index contributed by atoms with van der Waals surface area (Å²) in [6.07, 6.45) is 2.63. The molecule has 1 heterocycles. The number of anilines is 2. The van der Waals surface area contributed by atoms with E-state index in [0.29, 0.717) is 35.5 Å². The van der Waals surface area contributed by atoms with E-state index in [4.69, 9.17) is 0 Å². The third-order valence-electron chi connectivity index (χ3n) is 4.81. The molecule has 1 saturated carbocycles. The number of carbonyl (C=O) groups excluding carboxylic acids is 2. The van der Waals surface area contributed by atoms with Crippen molar-refractivity contribution in [3.05, 3.63) is 59.7 Å². The Morgan fingerprint density at radius 1 is 0.964 bits per heavy atom. The lowest BCUT2D eigenvalue weighted by molar-refractivity contribution is 0.0949. The maximum atomic E-state index is 12.5. The zero-order valence-electron chi connectivity index (χ0n) is 15.2. The van der Waals surface area contributed by atoms with Gasteiger partial charge in [0.1, 0.15) is 0 Å². The summed E-state index contributed by atoms with van der Waals surface area (Å²) in [6.45, 7) is 0.462. The summed E-state index contributed by atoms with van der Waals surface area (Å²) in [4.78, 5) is 24.6. The number of hydrogen-bond donors (Lipinski definition) is 2. The van der Waals surface area contributed by atoms with Gasteiger partial charge in [0.15, 0.2) is 0 Å². The van der Waals surface area contributed by atoms with Gasteiger partial charge in [0.05, 0.1) is 11.4 Å². The van der Waals surface area contributed by atoms with Gasteiger partial charge in [-0.1, -0.05) is 6.07 Å². The molecule has 0 atom stereocenters. The first-order valence-electron chi connectivity index (χ1n) is 9.25. The molecule has 0 bridgehead atoms. The van der Waals surface area contributed by atoms with Gasteiger partial charge in [-0.2, -0.15) is 0 Å². The maximum absolute atomic E-state index is 12.5. The first-order chi connectivity index (χ1) is 13.4. The van der Waals surface area contributed by atoms with Gasteiger partial charge >= 0.3 is 0 Å². The molecule has 2 amide bonds. The van der Waals surface area contributed by atoms with Crippen LogP contribution < -0.4 is 14.9 Å².